The molecule has 1 nitrogen and oxygen atoms in total. The molecular weight excluding hydrogens is 143 g/mol. The summed E-state index contributed by atoms with van der Waals surface area (Å²) in [6.45, 7) is 1.89. The van der Waals surface area contributed by atoms with Gasteiger partial charge in [-0.15, -0.1) is 0 Å². The predicted molar refractivity (Wildman–Crippen MR) is 40.7 cm³/mol. The fraction of sp³-hybridized carbons (Fsp3) is 0.333. The monoisotopic (exact) mass is 153 g/mol. The van der Waals surface area contributed by atoms with E-state index < -0.39 is 0 Å². The molecule has 0 spiro atoms. The van der Waals surface area contributed by atoms with Crippen LogP contribution in [0, 0.1) is 11.9 Å². The van der Waals surface area contributed by atoms with Crippen molar-refractivity contribution in [3.63, 3.8) is 0 Å². The summed E-state index contributed by atoms with van der Waals surface area (Å²) < 4.78 is 12.5. The van der Waals surface area contributed by atoms with Crippen molar-refractivity contribution in [1.29, 1.82) is 0 Å². The number of hydrogen-bond donors (Lipinski definition) is 1. The minimum absolute atomic E-state index is 0.000833. The molecule has 0 aliphatic rings. The molecule has 0 fully saturated rings. The van der Waals surface area contributed by atoms with Crippen LogP contribution in [0.15, 0.2) is 18.2 Å². The molecule has 1 unspecified atom stereocenters. The van der Waals surface area contributed by atoms with E-state index in [0.717, 1.165) is 5.56 Å². The van der Waals surface area contributed by atoms with Gasteiger partial charge in [-0.2, -0.15) is 0 Å². The van der Waals surface area contributed by atoms with Crippen molar-refractivity contribution >= 4 is 0 Å². The molecule has 1 N–H and O–H groups in total. The molecule has 1 atom stereocenters. The zero-order chi connectivity index (χ0) is 8.27. The first kappa shape index (κ1) is 8.21. The second-order valence-corrected chi connectivity index (χ2v) is 2.55. The zero-order valence-corrected chi connectivity index (χ0v) is 6.34. The Morgan fingerprint density at radius 1 is 1.73 bits per heavy atom. The van der Waals surface area contributed by atoms with E-state index >= 15 is 0 Å². The highest BCUT2D eigenvalue weighted by atomic mass is 19.1. The summed E-state index contributed by atoms with van der Waals surface area (Å²) in [6, 6.07) is 7.07. The number of halogens is 1. The van der Waals surface area contributed by atoms with Crippen molar-refractivity contribution in [3.05, 3.63) is 35.6 Å². The summed E-state index contributed by atoms with van der Waals surface area (Å²) in [7, 11) is 0. The summed E-state index contributed by atoms with van der Waals surface area (Å²) >= 11 is 0. The van der Waals surface area contributed by atoms with Gasteiger partial charge in [-0.25, -0.2) is 4.39 Å². The second kappa shape index (κ2) is 3.49. The van der Waals surface area contributed by atoms with E-state index in [4.69, 9.17) is 5.11 Å². The molecule has 11 heavy (non-hydrogen) atoms. The lowest BCUT2D eigenvalue weighted by atomic mass is 10.0. The van der Waals surface area contributed by atoms with Crippen molar-refractivity contribution in [3.8, 4) is 0 Å². The maximum atomic E-state index is 12.5. The fourth-order valence-corrected chi connectivity index (χ4v) is 0.866. The first-order valence-corrected chi connectivity index (χ1v) is 3.52. The maximum absolute atomic E-state index is 12.5. The molecule has 0 aliphatic heterocycles. The lowest BCUT2D eigenvalue weighted by Crippen LogP contribution is -1.98. The second-order valence-electron chi connectivity index (χ2n) is 2.55. The first-order valence-electron chi connectivity index (χ1n) is 3.52. The van der Waals surface area contributed by atoms with Crippen molar-refractivity contribution in [2.75, 3.05) is 6.61 Å². The largest absolute Gasteiger partial charge is 0.396 e. The van der Waals surface area contributed by atoms with Gasteiger partial charge >= 0.3 is 0 Å². The van der Waals surface area contributed by atoms with Gasteiger partial charge in [0.2, 0.25) is 0 Å². The fourth-order valence-electron chi connectivity index (χ4n) is 0.866. The Labute approximate surface area is 65.5 Å². The maximum Gasteiger partial charge on any atom is 0.131 e. The van der Waals surface area contributed by atoms with E-state index in [1.807, 2.05) is 6.92 Å². The Bertz CT molecular complexity index is 235. The summed E-state index contributed by atoms with van der Waals surface area (Å²) in [5.41, 5.74) is 0.809. The molecule has 2 heteroatoms. The summed E-state index contributed by atoms with van der Waals surface area (Å²) in [5, 5.41) is 8.75. The highest BCUT2D eigenvalue weighted by Gasteiger charge is 2.03. The van der Waals surface area contributed by atoms with Gasteiger partial charge < -0.3 is 5.11 Å². The van der Waals surface area contributed by atoms with Gasteiger partial charge in [0.15, 0.2) is 0 Å². The smallest absolute Gasteiger partial charge is 0.131 e. The molecule has 1 aromatic rings. The van der Waals surface area contributed by atoms with Crippen molar-refractivity contribution < 1.29 is 9.50 Å². The minimum Gasteiger partial charge on any atom is -0.396 e. The molecule has 1 aromatic carbocycles. The van der Waals surface area contributed by atoms with E-state index in [-0.39, 0.29) is 18.3 Å². The standard InChI is InChI=1S/C9H10FO/c1-7(6-11)8-3-2-4-9(10)5-8/h2-3,5,7,11H,6H2,1H3. The van der Waals surface area contributed by atoms with Gasteiger partial charge in [0.25, 0.3) is 0 Å². The normalized spacial score (nSPS) is 13.0. The van der Waals surface area contributed by atoms with Gasteiger partial charge in [-0.05, 0) is 11.6 Å². The van der Waals surface area contributed by atoms with Crippen LogP contribution in [0.3, 0.4) is 0 Å². The quantitative estimate of drug-likeness (QED) is 0.685. The topological polar surface area (TPSA) is 20.2 Å². The van der Waals surface area contributed by atoms with E-state index in [1.165, 1.54) is 12.1 Å². The third kappa shape index (κ3) is 2.02. The van der Waals surface area contributed by atoms with Gasteiger partial charge in [0.1, 0.15) is 5.82 Å². The number of hydrogen-bond acceptors (Lipinski definition) is 1. The molecule has 1 rings (SSSR count). The van der Waals surface area contributed by atoms with Crippen LogP contribution in [0.1, 0.15) is 18.4 Å². The molecule has 0 bridgehead atoms. The highest BCUT2D eigenvalue weighted by Crippen LogP contribution is 2.14. The van der Waals surface area contributed by atoms with Crippen molar-refractivity contribution in [2.24, 2.45) is 0 Å². The van der Waals surface area contributed by atoms with Gasteiger partial charge in [-0.1, -0.05) is 19.1 Å². The van der Waals surface area contributed by atoms with Crippen LogP contribution in [0.5, 0.6) is 0 Å². The molecule has 0 heterocycles. The zero-order valence-electron chi connectivity index (χ0n) is 6.34. The van der Waals surface area contributed by atoms with Gasteiger partial charge in [0.05, 0.1) is 0 Å². The molecule has 0 aromatic heterocycles. The number of aliphatic hydroxyl groups is 1. The molecule has 0 saturated carbocycles. The van der Waals surface area contributed by atoms with Crippen LogP contribution in [0.4, 0.5) is 4.39 Å². The van der Waals surface area contributed by atoms with E-state index in [2.05, 4.69) is 6.07 Å². The lowest BCUT2D eigenvalue weighted by molar-refractivity contribution is 0.273. The van der Waals surface area contributed by atoms with Crippen LogP contribution in [0.25, 0.3) is 0 Å². The summed E-state index contributed by atoms with van der Waals surface area (Å²) in [4.78, 5) is 0. The van der Waals surface area contributed by atoms with Crippen LogP contribution >= 0.6 is 0 Å². The third-order valence-corrected chi connectivity index (χ3v) is 1.63. The number of rotatable bonds is 2. The molecule has 0 amide bonds. The van der Waals surface area contributed by atoms with E-state index in [0.29, 0.717) is 0 Å². The highest BCUT2D eigenvalue weighted by molar-refractivity contribution is 5.19. The lowest BCUT2D eigenvalue weighted by Gasteiger charge is -2.06. The minimum atomic E-state index is -0.372. The SMILES string of the molecule is CC(CO)c1cc[c]c(F)c1. The Balaban J connectivity index is 2.86. The van der Waals surface area contributed by atoms with Crippen LogP contribution in [-0.2, 0) is 0 Å². The van der Waals surface area contributed by atoms with Crippen molar-refractivity contribution in [1.82, 2.24) is 0 Å². The van der Waals surface area contributed by atoms with E-state index in [9.17, 15) is 4.39 Å². The first-order chi connectivity index (χ1) is 5.24. The average molecular weight is 153 g/mol. The third-order valence-electron chi connectivity index (χ3n) is 1.63. The molecule has 59 valence electrons. The Kier molecular flexibility index (Phi) is 2.60. The Morgan fingerprint density at radius 3 is 3.00 bits per heavy atom. The van der Waals surface area contributed by atoms with Crippen LogP contribution in [0.2, 0.25) is 0 Å². The Morgan fingerprint density at radius 2 is 2.45 bits per heavy atom. The number of aliphatic hydroxyl groups excluding tert-OH is 1. The van der Waals surface area contributed by atoms with Crippen LogP contribution < -0.4 is 0 Å². The predicted octanol–water partition coefficient (Wildman–Crippen LogP) is 1.72. The molecule has 0 saturated heterocycles. The van der Waals surface area contributed by atoms with E-state index in [1.54, 1.807) is 6.07 Å². The van der Waals surface area contributed by atoms with Gasteiger partial charge in [-0.3, -0.25) is 0 Å². The number of benzene rings is 1. The summed E-state index contributed by atoms with van der Waals surface area (Å²) in [5.74, 6) is -0.373. The molecule has 1 radical (unpaired) electrons. The van der Waals surface area contributed by atoms with Crippen LogP contribution in [-0.4, -0.2) is 11.7 Å². The molecule has 0 aliphatic carbocycles. The Hall–Kier alpha value is -0.890. The summed E-state index contributed by atoms with van der Waals surface area (Å²) in [6.07, 6.45) is 0. The average Bonchev–Trinajstić information content (AvgIpc) is 2.03. The van der Waals surface area contributed by atoms with Crippen molar-refractivity contribution in [2.45, 2.75) is 12.8 Å². The van der Waals surface area contributed by atoms with Gasteiger partial charge in [0, 0.05) is 18.6 Å². The molecular formula is C9H10FO.